The van der Waals surface area contributed by atoms with Crippen LogP contribution in [0.1, 0.15) is 5.56 Å². The van der Waals surface area contributed by atoms with E-state index in [1.165, 1.54) is 19.2 Å². The summed E-state index contributed by atoms with van der Waals surface area (Å²) in [6.45, 7) is 0.307. The van der Waals surface area contributed by atoms with Gasteiger partial charge < -0.3 is 10.5 Å². The molecule has 0 heterocycles. The number of nitro groups is 1. The molecule has 1 rings (SSSR count). The maximum absolute atomic E-state index is 10.4. The predicted octanol–water partition coefficient (Wildman–Crippen LogP) is 1.48. The van der Waals surface area contributed by atoms with Crippen LogP contribution in [0.25, 0.3) is 0 Å². The zero-order valence-electron chi connectivity index (χ0n) is 7.60. The monoisotopic (exact) mass is 218 g/mol. The minimum atomic E-state index is -0.469. The summed E-state index contributed by atoms with van der Waals surface area (Å²) >= 11 is 0. The molecule has 14 heavy (non-hydrogen) atoms. The van der Waals surface area contributed by atoms with Gasteiger partial charge in [0.1, 0.15) is 5.75 Å². The molecule has 0 amide bonds. The van der Waals surface area contributed by atoms with Gasteiger partial charge in [-0.05, 0) is 6.07 Å². The molecule has 0 aromatic heterocycles. The summed E-state index contributed by atoms with van der Waals surface area (Å²) in [4.78, 5) is 9.92. The molecule has 5 nitrogen and oxygen atoms in total. The third-order valence-corrected chi connectivity index (χ3v) is 1.70. The molecular formula is C8H11ClN2O3. The van der Waals surface area contributed by atoms with Crippen molar-refractivity contribution >= 4 is 18.1 Å². The van der Waals surface area contributed by atoms with Crippen LogP contribution in [0.15, 0.2) is 18.2 Å². The summed E-state index contributed by atoms with van der Waals surface area (Å²) in [5, 5.41) is 10.4. The zero-order valence-corrected chi connectivity index (χ0v) is 8.41. The van der Waals surface area contributed by atoms with Crippen molar-refractivity contribution in [1.82, 2.24) is 0 Å². The Labute approximate surface area is 87.4 Å². The van der Waals surface area contributed by atoms with E-state index < -0.39 is 4.92 Å². The lowest BCUT2D eigenvalue weighted by Crippen LogP contribution is -2.00. The van der Waals surface area contributed by atoms with E-state index in [9.17, 15) is 10.1 Å². The molecule has 1 aromatic carbocycles. The number of benzene rings is 1. The van der Waals surface area contributed by atoms with Gasteiger partial charge >= 0.3 is 0 Å². The van der Waals surface area contributed by atoms with E-state index in [1.807, 2.05) is 0 Å². The fourth-order valence-corrected chi connectivity index (χ4v) is 1.02. The lowest BCUT2D eigenvalue weighted by atomic mass is 10.2. The maximum Gasteiger partial charge on any atom is 0.273 e. The van der Waals surface area contributed by atoms with E-state index in [1.54, 1.807) is 6.07 Å². The molecule has 0 aliphatic carbocycles. The van der Waals surface area contributed by atoms with Crippen LogP contribution in [0.2, 0.25) is 0 Å². The van der Waals surface area contributed by atoms with Crippen molar-refractivity contribution < 1.29 is 9.66 Å². The number of nitrogens with zero attached hydrogens (tertiary/aromatic N) is 1. The van der Waals surface area contributed by atoms with Gasteiger partial charge in [0.25, 0.3) is 5.69 Å². The molecule has 0 spiro atoms. The highest BCUT2D eigenvalue weighted by Gasteiger charge is 2.09. The molecule has 0 fully saturated rings. The Morgan fingerprint density at radius 3 is 2.64 bits per heavy atom. The second-order valence-electron chi connectivity index (χ2n) is 2.46. The number of rotatable bonds is 3. The molecule has 78 valence electrons. The maximum atomic E-state index is 10.4. The number of halogens is 1. The Kier molecular flexibility index (Phi) is 4.90. The van der Waals surface area contributed by atoms with E-state index in [-0.39, 0.29) is 18.1 Å². The van der Waals surface area contributed by atoms with Crippen LogP contribution < -0.4 is 10.5 Å². The van der Waals surface area contributed by atoms with Crippen molar-refractivity contribution in [2.24, 2.45) is 5.73 Å². The first-order chi connectivity index (χ1) is 6.19. The smallest absolute Gasteiger partial charge is 0.273 e. The summed E-state index contributed by atoms with van der Waals surface area (Å²) in [6.07, 6.45) is 0. The van der Waals surface area contributed by atoms with Crippen molar-refractivity contribution in [2.75, 3.05) is 7.11 Å². The normalized spacial score (nSPS) is 9.00. The Morgan fingerprint density at radius 1 is 1.57 bits per heavy atom. The quantitative estimate of drug-likeness (QED) is 0.616. The minimum Gasteiger partial charge on any atom is -0.496 e. The molecular weight excluding hydrogens is 208 g/mol. The molecule has 0 saturated carbocycles. The van der Waals surface area contributed by atoms with Crippen LogP contribution in [-0.4, -0.2) is 12.0 Å². The third kappa shape index (κ3) is 2.58. The first-order valence-corrected chi connectivity index (χ1v) is 3.70. The lowest BCUT2D eigenvalue weighted by molar-refractivity contribution is -0.384. The zero-order chi connectivity index (χ0) is 9.84. The van der Waals surface area contributed by atoms with Gasteiger partial charge in [0.2, 0.25) is 0 Å². The summed E-state index contributed by atoms with van der Waals surface area (Å²) in [5.41, 5.74) is 6.17. The number of ether oxygens (including phenoxy) is 1. The second kappa shape index (κ2) is 5.41. The van der Waals surface area contributed by atoms with Gasteiger partial charge in [-0.3, -0.25) is 10.1 Å². The first-order valence-electron chi connectivity index (χ1n) is 3.70. The van der Waals surface area contributed by atoms with Crippen LogP contribution >= 0.6 is 12.4 Å². The standard InChI is InChI=1S/C8H10N2O3.ClH/c1-13-8-4-7(10(11)12)3-2-6(8)5-9;/h2-4H,5,9H2,1H3;1H. The van der Waals surface area contributed by atoms with Gasteiger partial charge in [0, 0.05) is 18.2 Å². The highest BCUT2D eigenvalue weighted by molar-refractivity contribution is 5.85. The van der Waals surface area contributed by atoms with Crippen molar-refractivity contribution in [3.8, 4) is 5.75 Å². The van der Waals surface area contributed by atoms with E-state index in [4.69, 9.17) is 10.5 Å². The van der Waals surface area contributed by atoms with Gasteiger partial charge in [-0.1, -0.05) is 0 Å². The van der Waals surface area contributed by atoms with Crippen molar-refractivity contribution in [3.63, 3.8) is 0 Å². The Balaban J connectivity index is 0.00000169. The van der Waals surface area contributed by atoms with Crippen molar-refractivity contribution in [1.29, 1.82) is 0 Å². The Morgan fingerprint density at radius 2 is 2.21 bits per heavy atom. The van der Waals surface area contributed by atoms with E-state index >= 15 is 0 Å². The highest BCUT2D eigenvalue weighted by atomic mass is 35.5. The molecule has 0 aliphatic heterocycles. The number of hydrogen-bond acceptors (Lipinski definition) is 4. The summed E-state index contributed by atoms with van der Waals surface area (Å²) < 4.78 is 4.94. The number of non-ortho nitro benzene ring substituents is 1. The lowest BCUT2D eigenvalue weighted by Gasteiger charge is -2.04. The number of nitrogens with two attached hydrogens (primary N) is 1. The molecule has 2 N–H and O–H groups in total. The number of methoxy groups -OCH3 is 1. The molecule has 1 aromatic rings. The summed E-state index contributed by atoms with van der Waals surface area (Å²) in [7, 11) is 1.46. The SMILES string of the molecule is COc1cc([N+](=O)[O-])ccc1CN.Cl. The van der Waals surface area contributed by atoms with Gasteiger partial charge in [0.05, 0.1) is 18.1 Å². The number of hydrogen-bond donors (Lipinski definition) is 1. The van der Waals surface area contributed by atoms with E-state index in [0.717, 1.165) is 5.56 Å². The predicted molar refractivity (Wildman–Crippen MR) is 54.8 cm³/mol. The van der Waals surface area contributed by atoms with Crippen molar-refractivity contribution in [3.05, 3.63) is 33.9 Å². The van der Waals surface area contributed by atoms with Gasteiger partial charge in [-0.2, -0.15) is 0 Å². The molecule has 6 heteroatoms. The highest BCUT2D eigenvalue weighted by Crippen LogP contribution is 2.23. The summed E-state index contributed by atoms with van der Waals surface area (Å²) in [5.74, 6) is 0.455. The Bertz CT molecular complexity index is 330. The third-order valence-electron chi connectivity index (χ3n) is 1.70. The van der Waals surface area contributed by atoms with Crippen LogP contribution in [-0.2, 0) is 6.54 Å². The Hall–Kier alpha value is -1.33. The average Bonchev–Trinajstić information content (AvgIpc) is 2.16. The molecule has 0 bridgehead atoms. The largest absolute Gasteiger partial charge is 0.496 e. The van der Waals surface area contributed by atoms with Gasteiger partial charge in [0.15, 0.2) is 0 Å². The second-order valence-corrected chi connectivity index (χ2v) is 2.46. The first kappa shape index (κ1) is 12.7. The van der Waals surface area contributed by atoms with Crippen LogP contribution in [0.4, 0.5) is 5.69 Å². The van der Waals surface area contributed by atoms with Crippen molar-refractivity contribution in [2.45, 2.75) is 6.54 Å². The van der Waals surface area contributed by atoms with Gasteiger partial charge in [-0.25, -0.2) is 0 Å². The molecule has 0 saturated heterocycles. The van der Waals surface area contributed by atoms with E-state index in [2.05, 4.69) is 0 Å². The molecule has 0 radical (unpaired) electrons. The minimum absolute atomic E-state index is 0. The topological polar surface area (TPSA) is 78.4 Å². The van der Waals surface area contributed by atoms with E-state index in [0.29, 0.717) is 12.3 Å². The fourth-order valence-electron chi connectivity index (χ4n) is 1.02. The molecule has 0 atom stereocenters. The average molecular weight is 219 g/mol. The molecule has 0 aliphatic rings. The van der Waals surface area contributed by atoms with Crippen LogP contribution in [0, 0.1) is 10.1 Å². The fraction of sp³-hybridized carbons (Fsp3) is 0.250. The summed E-state index contributed by atoms with van der Waals surface area (Å²) in [6, 6.07) is 4.36. The van der Waals surface area contributed by atoms with Crippen LogP contribution in [0.3, 0.4) is 0 Å². The van der Waals surface area contributed by atoms with Crippen LogP contribution in [0.5, 0.6) is 5.75 Å². The molecule has 0 unspecified atom stereocenters. The number of nitro benzene ring substituents is 1. The van der Waals surface area contributed by atoms with Gasteiger partial charge in [-0.15, -0.1) is 12.4 Å².